The first-order valence-electron chi connectivity index (χ1n) is 5.57. The van der Waals surface area contributed by atoms with Gasteiger partial charge in [0, 0.05) is 5.38 Å². The van der Waals surface area contributed by atoms with Crippen molar-refractivity contribution in [1.29, 1.82) is 0 Å². The van der Waals surface area contributed by atoms with Gasteiger partial charge in [-0.1, -0.05) is 20.3 Å². The molecule has 1 fully saturated rings. The van der Waals surface area contributed by atoms with Crippen LogP contribution in [0.1, 0.15) is 39.5 Å². The van der Waals surface area contributed by atoms with E-state index in [9.17, 15) is 0 Å². The van der Waals surface area contributed by atoms with E-state index in [1.54, 1.807) is 0 Å². The van der Waals surface area contributed by atoms with E-state index in [1.165, 1.54) is 38.8 Å². The van der Waals surface area contributed by atoms with Crippen molar-refractivity contribution >= 4 is 11.6 Å². The van der Waals surface area contributed by atoms with Gasteiger partial charge in [0.05, 0.1) is 0 Å². The van der Waals surface area contributed by atoms with Gasteiger partial charge in [0.15, 0.2) is 0 Å². The van der Waals surface area contributed by atoms with Gasteiger partial charge in [0.1, 0.15) is 0 Å². The first-order chi connectivity index (χ1) is 6.22. The SMILES string of the molecule is CCCC(C)CNCC1CC(Cl)C1. The monoisotopic (exact) mass is 203 g/mol. The summed E-state index contributed by atoms with van der Waals surface area (Å²) in [5.41, 5.74) is 0. The van der Waals surface area contributed by atoms with Crippen molar-refractivity contribution < 1.29 is 0 Å². The van der Waals surface area contributed by atoms with Crippen LogP contribution in [0.4, 0.5) is 0 Å². The molecule has 0 aromatic heterocycles. The molecule has 0 aliphatic heterocycles. The van der Waals surface area contributed by atoms with Crippen molar-refractivity contribution in [1.82, 2.24) is 5.32 Å². The highest BCUT2D eigenvalue weighted by Gasteiger charge is 2.26. The Morgan fingerprint density at radius 3 is 2.69 bits per heavy atom. The zero-order valence-corrected chi connectivity index (χ0v) is 9.61. The van der Waals surface area contributed by atoms with Crippen LogP contribution in [-0.2, 0) is 0 Å². The highest BCUT2D eigenvalue weighted by molar-refractivity contribution is 6.21. The molecular formula is C11H22ClN. The van der Waals surface area contributed by atoms with Crippen LogP contribution in [0.25, 0.3) is 0 Å². The van der Waals surface area contributed by atoms with Crippen molar-refractivity contribution in [3.8, 4) is 0 Å². The minimum atomic E-state index is 0.472. The van der Waals surface area contributed by atoms with Crippen LogP contribution in [0.15, 0.2) is 0 Å². The summed E-state index contributed by atoms with van der Waals surface area (Å²) >= 11 is 5.91. The molecule has 1 aliphatic carbocycles. The van der Waals surface area contributed by atoms with Gasteiger partial charge in [-0.3, -0.25) is 0 Å². The van der Waals surface area contributed by atoms with Gasteiger partial charge < -0.3 is 5.32 Å². The molecule has 1 atom stereocenters. The molecule has 1 rings (SSSR count). The smallest absolute Gasteiger partial charge is 0.0342 e. The van der Waals surface area contributed by atoms with Crippen molar-refractivity contribution in [2.75, 3.05) is 13.1 Å². The minimum absolute atomic E-state index is 0.472. The average molecular weight is 204 g/mol. The van der Waals surface area contributed by atoms with Crippen molar-refractivity contribution in [3.63, 3.8) is 0 Å². The fourth-order valence-electron chi connectivity index (χ4n) is 1.95. The Kier molecular flexibility index (Phi) is 5.12. The quantitative estimate of drug-likeness (QED) is 0.655. The standard InChI is InChI=1S/C11H22ClN/c1-3-4-9(2)7-13-8-10-5-11(12)6-10/h9-11,13H,3-8H2,1-2H3. The highest BCUT2D eigenvalue weighted by atomic mass is 35.5. The molecule has 1 aliphatic rings. The Morgan fingerprint density at radius 2 is 2.15 bits per heavy atom. The molecule has 0 aromatic rings. The molecule has 0 spiro atoms. The third kappa shape index (κ3) is 4.33. The lowest BCUT2D eigenvalue weighted by molar-refractivity contribution is 0.301. The Hall–Kier alpha value is 0.250. The molecule has 13 heavy (non-hydrogen) atoms. The van der Waals surface area contributed by atoms with Gasteiger partial charge in [0.25, 0.3) is 0 Å². The third-order valence-electron chi connectivity index (χ3n) is 2.89. The fraction of sp³-hybridized carbons (Fsp3) is 1.00. The van der Waals surface area contributed by atoms with E-state index >= 15 is 0 Å². The predicted octanol–water partition coefficient (Wildman–Crippen LogP) is 3.03. The average Bonchev–Trinajstić information content (AvgIpc) is 2.01. The Morgan fingerprint density at radius 1 is 1.46 bits per heavy atom. The number of halogens is 1. The zero-order valence-electron chi connectivity index (χ0n) is 8.85. The maximum absolute atomic E-state index is 5.91. The molecule has 2 heteroatoms. The van der Waals surface area contributed by atoms with Gasteiger partial charge in [0.2, 0.25) is 0 Å². The van der Waals surface area contributed by atoms with Gasteiger partial charge >= 0.3 is 0 Å². The summed E-state index contributed by atoms with van der Waals surface area (Å²) in [7, 11) is 0. The summed E-state index contributed by atoms with van der Waals surface area (Å²) in [6.07, 6.45) is 5.08. The van der Waals surface area contributed by atoms with Crippen LogP contribution in [0.3, 0.4) is 0 Å². The van der Waals surface area contributed by atoms with E-state index in [2.05, 4.69) is 19.2 Å². The summed E-state index contributed by atoms with van der Waals surface area (Å²) < 4.78 is 0. The molecule has 1 saturated carbocycles. The van der Waals surface area contributed by atoms with Crippen LogP contribution < -0.4 is 5.32 Å². The summed E-state index contributed by atoms with van der Waals surface area (Å²) in [6.45, 7) is 6.93. The van der Waals surface area contributed by atoms with E-state index in [-0.39, 0.29) is 0 Å². The normalized spacial score (nSPS) is 29.8. The molecule has 1 N–H and O–H groups in total. The molecule has 0 radical (unpaired) electrons. The van der Waals surface area contributed by atoms with Crippen LogP contribution >= 0.6 is 11.6 Å². The Labute approximate surface area is 87.2 Å². The molecule has 0 bridgehead atoms. The third-order valence-corrected chi connectivity index (χ3v) is 3.24. The van der Waals surface area contributed by atoms with Crippen molar-refractivity contribution in [2.45, 2.75) is 44.9 Å². The second kappa shape index (κ2) is 5.87. The van der Waals surface area contributed by atoms with E-state index in [0.717, 1.165) is 11.8 Å². The summed E-state index contributed by atoms with van der Waals surface area (Å²) in [5, 5.41) is 4.01. The second-order valence-electron chi connectivity index (χ2n) is 4.49. The largest absolute Gasteiger partial charge is 0.316 e. The van der Waals surface area contributed by atoms with E-state index in [4.69, 9.17) is 11.6 Å². The maximum atomic E-state index is 5.91. The molecule has 0 saturated heterocycles. The topological polar surface area (TPSA) is 12.0 Å². The summed E-state index contributed by atoms with van der Waals surface area (Å²) in [4.78, 5) is 0. The Bertz CT molecular complexity index is 127. The summed E-state index contributed by atoms with van der Waals surface area (Å²) in [6, 6.07) is 0. The van der Waals surface area contributed by atoms with Crippen molar-refractivity contribution in [3.05, 3.63) is 0 Å². The summed E-state index contributed by atoms with van der Waals surface area (Å²) in [5.74, 6) is 1.69. The van der Waals surface area contributed by atoms with Crippen LogP contribution in [0.5, 0.6) is 0 Å². The lowest BCUT2D eigenvalue weighted by Gasteiger charge is -2.31. The molecule has 0 heterocycles. The van der Waals surface area contributed by atoms with Gasteiger partial charge in [-0.15, -0.1) is 11.6 Å². The molecule has 1 nitrogen and oxygen atoms in total. The molecule has 0 aromatic carbocycles. The zero-order chi connectivity index (χ0) is 9.68. The van der Waals surface area contributed by atoms with E-state index in [1.807, 2.05) is 0 Å². The molecule has 0 amide bonds. The molecular weight excluding hydrogens is 182 g/mol. The first kappa shape index (κ1) is 11.3. The minimum Gasteiger partial charge on any atom is -0.316 e. The van der Waals surface area contributed by atoms with Crippen LogP contribution in [0.2, 0.25) is 0 Å². The first-order valence-corrected chi connectivity index (χ1v) is 6.00. The van der Waals surface area contributed by atoms with Gasteiger partial charge in [-0.25, -0.2) is 0 Å². The number of nitrogens with one attached hydrogen (secondary N) is 1. The molecule has 78 valence electrons. The van der Waals surface area contributed by atoms with Gasteiger partial charge in [-0.2, -0.15) is 0 Å². The molecule has 1 unspecified atom stereocenters. The van der Waals surface area contributed by atoms with E-state index < -0.39 is 0 Å². The van der Waals surface area contributed by atoms with Crippen molar-refractivity contribution in [2.24, 2.45) is 11.8 Å². The number of hydrogen-bond donors (Lipinski definition) is 1. The number of hydrogen-bond acceptors (Lipinski definition) is 1. The number of alkyl halides is 1. The number of rotatable bonds is 6. The van der Waals surface area contributed by atoms with Crippen LogP contribution in [-0.4, -0.2) is 18.5 Å². The predicted molar refractivity (Wildman–Crippen MR) is 59.3 cm³/mol. The fourth-order valence-corrected chi connectivity index (χ4v) is 2.45. The van der Waals surface area contributed by atoms with Gasteiger partial charge in [-0.05, 0) is 44.2 Å². The van der Waals surface area contributed by atoms with E-state index in [0.29, 0.717) is 5.38 Å². The highest BCUT2D eigenvalue weighted by Crippen LogP contribution is 2.31. The van der Waals surface area contributed by atoms with Crippen LogP contribution in [0, 0.1) is 11.8 Å². The lowest BCUT2D eigenvalue weighted by Crippen LogP contribution is -2.35. The Balaban J connectivity index is 1.89. The second-order valence-corrected chi connectivity index (χ2v) is 5.10. The lowest BCUT2D eigenvalue weighted by atomic mass is 9.85. The maximum Gasteiger partial charge on any atom is 0.0342 e.